The van der Waals surface area contributed by atoms with E-state index in [0.717, 1.165) is 0 Å². The number of rotatable bonds is 1. The summed E-state index contributed by atoms with van der Waals surface area (Å²) >= 11 is 1.96. The lowest BCUT2D eigenvalue weighted by Gasteiger charge is -2.04. The molecule has 0 nitrogen and oxygen atoms in total. The Morgan fingerprint density at radius 1 is 1.55 bits per heavy atom. The molecule has 0 saturated carbocycles. The highest BCUT2D eigenvalue weighted by Crippen LogP contribution is 2.35. The molecule has 1 atom stereocenters. The van der Waals surface area contributed by atoms with Crippen LogP contribution in [0.3, 0.4) is 0 Å². The number of hydrogen-bond donors (Lipinski definition) is 0. The smallest absolute Gasteiger partial charge is 0.0310 e. The Morgan fingerprint density at radius 2 is 2.18 bits per heavy atom. The maximum absolute atomic E-state index is 2.36. The summed E-state index contributed by atoms with van der Waals surface area (Å²) in [5.41, 5.74) is 1.50. The van der Waals surface area contributed by atoms with Crippen LogP contribution in [0, 0.1) is 5.92 Å². The lowest BCUT2D eigenvalue weighted by atomic mass is 10.1. The first kappa shape index (κ1) is 8.92. The molecule has 0 aromatic heterocycles. The van der Waals surface area contributed by atoms with Gasteiger partial charge in [-0.25, -0.2) is 0 Å². The highest BCUT2D eigenvalue weighted by molar-refractivity contribution is 8.04. The Morgan fingerprint density at radius 3 is 2.55 bits per heavy atom. The first-order chi connectivity index (χ1) is 5.09. The standard InChI is InChI=1S/C10H16S/c1-7(2)5-10-6-8(3)11-9(10)4/h5-7,9H,1-4H3. The molecule has 1 aliphatic heterocycles. The molecule has 0 aromatic rings. The van der Waals surface area contributed by atoms with Crippen LogP contribution in [0.4, 0.5) is 0 Å². The van der Waals surface area contributed by atoms with Crippen LogP contribution in [0.5, 0.6) is 0 Å². The van der Waals surface area contributed by atoms with Crippen molar-refractivity contribution in [3.63, 3.8) is 0 Å². The fourth-order valence-electron chi connectivity index (χ4n) is 1.30. The summed E-state index contributed by atoms with van der Waals surface area (Å²) in [4.78, 5) is 1.45. The van der Waals surface area contributed by atoms with Crippen LogP contribution in [-0.4, -0.2) is 5.25 Å². The summed E-state index contributed by atoms with van der Waals surface area (Å²) in [5, 5.41) is 0.678. The second-order valence-electron chi connectivity index (χ2n) is 3.43. The van der Waals surface area contributed by atoms with Crippen LogP contribution in [0.2, 0.25) is 0 Å². The van der Waals surface area contributed by atoms with Crippen molar-refractivity contribution in [2.24, 2.45) is 5.92 Å². The van der Waals surface area contributed by atoms with E-state index < -0.39 is 0 Å². The SMILES string of the molecule is CC1=CC(=CC(C)C)C(C)S1. The summed E-state index contributed by atoms with van der Waals surface area (Å²) in [6.45, 7) is 8.91. The van der Waals surface area contributed by atoms with Gasteiger partial charge in [0, 0.05) is 5.25 Å². The number of hydrogen-bond acceptors (Lipinski definition) is 1. The molecular weight excluding hydrogens is 152 g/mol. The summed E-state index contributed by atoms with van der Waals surface area (Å²) in [7, 11) is 0. The zero-order chi connectivity index (χ0) is 8.43. The Balaban J connectivity index is 2.73. The largest absolute Gasteiger partial charge is 0.123 e. The van der Waals surface area contributed by atoms with Crippen molar-refractivity contribution in [1.29, 1.82) is 0 Å². The average molecular weight is 168 g/mol. The van der Waals surface area contributed by atoms with E-state index in [1.165, 1.54) is 10.5 Å². The van der Waals surface area contributed by atoms with Gasteiger partial charge in [0.05, 0.1) is 0 Å². The van der Waals surface area contributed by atoms with Crippen LogP contribution in [0.1, 0.15) is 27.7 Å². The summed E-state index contributed by atoms with van der Waals surface area (Å²) in [5.74, 6) is 0.676. The molecule has 0 saturated heterocycles. The van der Waals surface area contributed by atoms with Crippen LogP contribution in [0.15, 0.2) is 22.6 Å². The molecule has 1 aliphatic rings. The molecule has 0 bridgehead atoms. The summed E-state index contributed by atoms with van der Waals surface area (Å²) in [6.07, 6.45) is 4.66. The van der Waals surface area contributed by atoms with Crippen LogP contribution < -0.4 is 0 Å². The topological polar surface area (TPSA) is 0 Å². The Kier molecular flexibility index (Phi) is 2.83. The van der Waals surface area contributed by atoms with Gasteiger partial charge >= 0.3 is 0 Å². The Hall–Kier alpha value is -0.170. The minimum atomic E-state index is 0.676. The van der Waals surface area contributed by atoms with Crippen LogP contribution >= 0.6 is 11.8 Å². The first-order valence-corrected chi connectivity index (χ1v) is 5.04. The van der Waals surface area contributed by atoms with E-state index in [0.29, 0.717) is 11.2 Å². The third-order valence-corrected chi connectivity index (χ3v) is 2.84. The first-order valence-electron chi connectivity index (χ1n) is 4.16. The summed E-state index contributed by atoms with van der Waals surface area (Å²) < 4.78 is 0. The molecule has 0 N–H and O–H groups in total. The van der Waals surface area contributed by atoms with Crippen molar-refractivity contribution in [2.75, 3.05) is 0 Å². The maximum Gasteiger partial charge on any atom is 0.0310 e. The van der Waals surface area contributed by atoms with E-state index in [4.69, 9.17) is 0 Å². The molecule has 1 unspecified atom stereocenters. The molecule has 1 heterocycles. The molecule has 0 radical (unpaired) electrons. The van der Waals surface area contributed by atoms with Gasteiger partial charge in [-0.05, 0) is 36.3 Å². The van der Waals surface area contributed by atoms with Crippen molar-refractivity contribution in [2.45, 2.75) is 32.9 Å². The minimum absolute atomic E-state index is 0.676. The molecule has 62 valence electrons. The zero-order valence-corrected chi connectivity index (χ0v) is 8.53. The number of thioether (sulfide) groups is 1. The number of allylic oxidation sites excluding steroid dienone is 3. The van der Waals surface area contributed by atoms with Gasteiger partial charge in [0.15, 0.2) is 0 Å². The Labute approximate surface area is 73.8 Å². The van der Waals surface area contributed by atoms with Crippen molar-refractivity contribution in [1.82, 2.24) is 0 Å². The van der Waals surface area contributed by atoms with Gasteiger partial charge in [0.2, 0.25) is 0 Å². The molecular formula is C10H16S. The minimum Gasteiger partial charge on any atom is -0.123 e. The highest BCUT2D eigenvalue weighted by atomic mass is 32.2. The van der Waals surface area contributed by atoms with E-state index in [1.54, 1.807) is 0 Å². The van der Waals surface area contributed by atoms with E-state index in [9.17, 15) is 0 Å². The monoisotopic (exact) mass is 168 g/mol. The van der Waals surface area contributed by atoms with Gasteiger partial charge in [-0.15, -0.1) is 11.8 Å². The summed E-state index contributed by atoms with van der Waals surface area (Å²) in [6, 6.07) is 0. The normalized spacial score (nSPS) is 28.3. The highest BCUT2D eigenvalue weighted by Gasteiger charge is 2.15. The van der Waals surface area contributed by atoms with Gasteiger partial charge in [0.1, 0.15) is 0 Å². The second-order valence-corrected chi connectivity index (χ2v) is 5.01. The van der Waals surface area contributed by atoms with Crippen molar-refractivity contribution in [3.05, 3.63) is 22.6 Å². The predicted octanol–water partition coefficient (Wildman–Crippen LogP) is 3.61. The van der Waals surface area contributed by atoms with Gasteiger partial charge in [-0.2, -0.15) is 0 Å². The lowest BCUT2D eigenvalue weighted by molar-refractivity contribution is 0.820. The average Bonchev–Trinajstić information content (AvgIpc) is 2.09. The molecule has 0 fully saturated rings. The van der Waals surface area contributed by atoms with Crippen LogP contribution in [-0.2, 0) is 0 Å². The van der Waals surface area contributed by atoms with Gasteiger partial charge < -0.3 is 0 Å². The molecule has 0 spiro atoms. The third kappa shape index (κ3) is 2.41. The zero-order valence-electron chi connectivity index (χ0n) is 7.72. The van der Waals surface area contributed by atoms with Crippen molar-refractivity contribution < 1.29 is 0 Å². The predicted molar refractivity (Wildman–Crippen MR) is 53.7 cm³/mol. The van der Waals surface area contributed by atoms with Crippen molar-refractivity contribution >= 4 is 11.8 Å². The van der Waals surface area contributed by atoms with Gasteiger partial charge in [-0.3, -0.25) is 0 Å². The second kappa shape index (κ2) is 3.48. The molecule has 1 heteroatoms. The van der Waals surface area contributed by atoms with Gasteiger partial charge in [0.25, 0.3) is 0 Å². The van der Waals surface area contributed by atoms with Crippen LogP contribution in [0.25, 0.3) is 0 Å². The third-order valence-electron chi connectivity index (χ3n) is 1.73. The lowest BCUT2D eigenvalue weighted by Crippen LogP contribution is -1.94. The maximum atomic E-state index is 2.36. The fraction of sp³-hybridized carbons (Fsp3) is 0.600. The Bertz CT molecular complexity index is 199. The van der Waals surface area contributed by atoms with Gasteiger partial charge in [-0.1, -0.05) is 19.9 Å². The van der Waals surface area contributed by atoms with E-state index in [2.05, 4.69) is 39.8 Å². The molecule has 0 amide bonds. The quantitative estimate of drug-likeness (QED) is 0.576. The van der Waals surface area contributed by atoms with E-state index in [1.807, 2.05) is 11.8 Å². The van der Waals surface area contributed by atoms with E-state index in [-0.39, 0.29) is 0 Å². The van der Waals surface area contributed by atoms with Crippen molar-refractivity contribution in [3.8, 4) is 0 Å². The van der Waals surface area contributed by atoms with E-state index >= 15 is 0 Å². The molecule has 11 heavy (non-hydrogen) atoms. The molecule has 0 aromatic carbocycles. The molecule has 1 rings (SSSR count). The fourth-order valence-corrected chi connectivity index (χ4v) is 2.35. The molecule has 0 aliphatic carbocycles.